The molecule has 2 aliphatic rings. The van der Waals surface area contributed by atoms with Crippen molar-refractivity contribution in [3.8, 4) is 0 Å². The van der Waals surface area contributed by atoms with E-state index in [4.69, 9.17) is 4.84 Å². The fourth-order valence-electron chi connectivity index (χ4n) is 4.49. The molecule has 9 heteroatoms. The van der Waals surface area contributed by atoms with Crippen LogP contribution in [0.1, 0.15) is 24.1 Å². The van der Waals surface area contributed by atoms with Crippen LogP contribution in [0.5, 0.6) is 0 Å². The first-order valence-corrected chi connectivity index (χ1v) is 11.6. The Hall–Kier alpha value is -3.56. The Morgan fingerprint density at radius 2 is 1.53 bits per heavy atom. The van der Waals surface area contributed by atoms with Gasteiger partial charge in [0.05, 0.1) is 22.3 Å². The third-order valence-corrected chi connectivity index (χ3v) is 6.77. The van der Waals surface area contributed by atoms with Crippen LogP contribution in [-0.4, -0.2) is 22.8 Å². The van der Waals surface area contributed by atoms with Crippen molar-refractivity contribution in [1.29, 1.82) is 0 Å². The van der Waals surface area contributed by atoms with Gasteiger partial charge in [-0.05, 0) is 53.9 Å². The lowest BCUT2D eigenvalue weighted by atomic mass is 9.90. The lowest BCUT2D eigenvalue weighted by Gasteiger charge is -2.28. The minimum atomic E-state index is -0.998. The second-order valence-corrected chi connectivity index (χ2v) is 9.10. The number of carbonyl (C=O) groups is 2. The van der Waals surface area contributed by atoms with E-state index in [-0.39, 0.29) is 11.6 Å². The Morgan fingerprint density at radius 1 is 0.912 bits per heavy atom. The summed E-state index contributed by atoms with van der Waals surface area (Å²) in [5, 5.41) is 12.6. The number of carbonyl (C=O) groups excluding carboxylic acids is 2. The summed E-state index contributed by atoms with van der Waals surface area (Å²) in [5.41, 5.74) is 2.92. The van der Waals surface area contributed by atoms with Crippen LogP contribution < -0.4 is 9.96 Å². The minimum Gasteiger partial charge on any atom is -0.273 e. The van der Waals surface area contributed by atoms with E-state index >= 15 is 0 Å². The average Bonchev–Trinajstić information content (AvgIpc) is 3.36. The Bertz CT molecular complexity index is 1260. The highest BCUT2D eigenvalue weighted by molar-refractivity contribution is 9.10. The Kier molecular flexibility index (Phi) is 5.66. The zero-order chi connectivity index (χ0) is 24.0. The van der Waals surface area contributed by atoms with Gasteiger partial charge in [-0.3, -0.25) is 24.5 Å². The first kappa shape index (κ1) is 22.2. The predicted molar refractivity (Wildman–Crippen MR) is 129 cm³/mol. The minimum absolute atomic E-state index is 0.0550. The van der Waals surface area contributed by atoms with Crippen molar-refractivity contribution >= 4 is 44.8 Å². The summed E-state index contributed by atoms with van der Waals surface area (Å²) >= 11 is 3.37. The first-order valence-electron chi connectivity index (χ1n) is 10.8. The Morgan fingerprint density at radius 3 is 2.12 bits per heavy atom. The van der Waals surface area contributed by atoms with Gasteiger partial charge < -0.3 is 0 Å². The highest BCUT2D eigenvalue weighted by Gasteiger charge is 2.60. The predicted octanol–water partition coefficient (Wildman–Crippen LogP) is 4.97. The molecular formula is C25H20BrN3O5. The van der Waals surface area contributed by atoms with E-state index < -0.39 is 28.9 Å². The Labute approximate surface area is 204 Å². The maximum Gasteiger partial charge on any atom is 0.269 e. The van der Waals surface area contributed by atoms with E-state index in [1.807, 2.05) is 24.3 Å². The van der Waals surface area contributed by atoms with E-state index in [9.17, 15) is 19.7 Å². The molecule has 3 atom stereocenters. The molecule has 2 heterocycles. The molecule has 2 fully saturated rings. The van der Waals surface area contributed by atoms with Crippen LogP contribution in [-0.2, 0) is 20.8 Å². The number of hydrogen-bond donors (Lipinski definition) is 0. The van der Waals surface area contributed by atoms with Gasteiger partial charge in [0, 0.05) is 16.6 Å². The first-order chi connectivity index (χ1) is 16.4. The quantitative estimate of drug-likeness (QED) is 0.267. The molecule has 0 aromatic heterocycles. The maximum absolute atomic E-state index is 13.6. The van der Waals surface area contributed by atoms with Gasteiger partial charge in [0.15, 0.2) is 6.10 Å². The van der Waals surface area contributed by atoms with Crippen LogP contribution in [0.4, 0.5) is 17.1 Å². The van der Waals surface area contributed by atoms with E-state index in [2.05, 4.69) is 22.9 Å². The SMILES string of the molecule is CCc1ccc([C@@H]2[C@H]3C(=O)N(c4ccc(Br)cc4)C(=O)[C@H]3ON2c2ccc([N+](=O)[O-])cc2)cc1. The molecule has 3 aromatic carbocycles. The van der Waals surface area contributed by atoms with Gasteiger partial charge in [-0.15, -0.1) is 0 Å². The van der Waals surface area contributed by atoms with Crippen molar-refractivity contribution in [1.82, 2.24) is 0 Å². The molecule has 8 nitrogen and oxygen atoms in total. The molecule has 0 aliphatic carbocycles. The van der Waals surface area contributed by atoms with Crippen molar-refractivity contribution in [3.63, 3.8) is 0 Å². The van der Waals surface area contributed by atoms with Crippen molar-refractivity contribution in [2.24, 2.45) is 5.92 Å². The number of nitro benzene ring substituents is 1. The number of amides is 2. The number of benzene rings is 3. The monoisotopic (exact) mass is 521 g/mol. The van der Waals surface area contributed by atoms with Gasteiger partial charge >= 0.3 is 0 Å². The van der Waals surface area contributed by atoms with Crippen LogP contribution in [0.3, 0.4) is 0 Å². The maximum atomic E-state index is 13.6. The van der Waals surface area contributed by atoms with Gasteiger partial charge in [0.25, 0.3) is 11.6 Å². The van der Waals surface area contributed by atoms with E-state index in [0.717, 1.165) is 22.0 Å². The molecule has 0 radical (unpaired) electrons. The summed E-state index contributed by atoms with van der Waals surface area (Å²) in [6.07, 6.45) is -0.129. The van der Waals surface area contributed by atoms with Gasteiger partial charge in [0.1, 0.15) is 5.92 Å². The van der Waals surface area contributed by atoms with Crippen molar-refractivity contribution in [3.05, 3.63) is 98.5 Å². The molecule has 3 aromatic rings. The van der Waals surface area contributed by atoms with Gasteiger partial charge in [-0.2, -0.15) is 0 Å². The third-order valence-electron chi connectivity index (χ3n) is 6.24. The topological polar surface area (TPSA) is 93.0 Å². The Balaban J connectivity index is 1.56. The van der Waals surface area contributed by atoms with Crippen molar-refractivity contribution in [2.75, 3.05) is 9.96 Å². The van der Waals surface area contributed by atoms with Crippen molar-refractivity contribution in [2.45, 2.75) is 25.5 Å². The van der Waals surface area contributed by atoms with Crippen LogP contribution in [0.2, 0.25) is 0 Å². The number of imide groups is 1. The number of anilines is 2. The van der Waals surface area contributed by atoms with Crippen molar-refractivity contribution < 1.29 is 19.3 Å². The number of aryl methyl sites for hydroxylation is 1. The molecule has 0 bridgehead atoms. The standard InChI is InChI=1S/C25H20BrN3O5/c1-2-15-3-5-16(6-4-15)22-21-23(34-28(22)19-11-13-20(14-12-19)29(32)33)25(31)27(24(21)30)18-9-7-17(26)8-10-18/h3-14,21-23H,2H2,1H3/t21-,22-,23+/m1/s1. The second kappa shape index (κ2) is 8.66. The molecule has 5 rings (SSSR count). The number of nitro groups is 1. The number of halogens is 1. The number of nitrogens with zero attached hydrogens (tertiary/aromatic N) is 3. The fourth-order valence-corrected chi connectivity index (χ4v) is 4.76. The normalized spacial score (nSPS) is 21.8. The number of hydrogen-bond acceptors (Lipinski definition) is 6. The molecule has 2 amide bonds. The average molecular weight is 522 g/mol. The zero-order valence-electron chi connectivity index (χ0n) is 18.1. The lowest BCUT2D eigenvalue weighted by molar-refractivity contribution is -0.384. The largest absolute Gasteiger partial charge is 0.273 e. The zero-order valence-corrected chi connectivity index (χ0v) is 19.7. The molecule has 0 saturated carbocycles. The van der Waals surface area contributed by atoms with Crippen LogP contribution >= 0.6 is 15.9 Å². The third kappa shape index (κ3) is 3.66. The summed E-state index contributed by atoms with van der Waals surface area (Å²) in [7, 11) is 0. The second-order valence-electron chi connectivity index (χ2n) is 8.18. The van der Waals surface area contributed by atoms with Gasteiger partial charge in [0.2, 0.25) is 5.91 Å². The lowest BCUT2D eigenvalue weighted by Crippen LogP contribution is -2.37. The van der Waals surface area contributed by atoms with Gasteiger partial charge in [-0.25, -0.2) is 9.96 Å². The number of non-ortho nitro benzene ring substituents is 1. The highest BCUT2D eigenvalue weighted by Crippen LogP contribution is 2.47. The molecule has 172 valence electrons. The number of rotatable bonds is 5. The number of fused-ring (bicyclic) bond motifs is 1. The molecular weight excluding hydrogens is 502 g/mol. The van der Waals surface area contributed by atoms with Crippen LogP contribution in [0.15, 0.2) is 77.3 Å². The fraction of sp³-hybridized carbons (Fsp3) is 0.200. The molecule has 0 unspecified atom stereocenters. The summed E-state index contributed by atoms with van der Waals surface area (Å²) in [6, 6.07) is 20.1. The van der Waals surface area contributed by atoms with Gasteiger partial charge in [-0.1, -0.05) is 47.1 Å². The van der Waals surface area contributed by atoms with E-state index in [0.29, 0.717) is 11.4 Å². The van der Waals surface area contributed by atoms with Crippen LogP contribution in [0, 0.1) is 16.0 Å². The molecule has 34 heavy (non-hydrogen) atoms. The van der Waals surface area contributed by atoms with E-state index in [1.165, 1.54) is 22.1 Å². The van der Waals surface area contributed by atoms with Crippen LogP contribution in [0.25, 0.3) is 0 Å². The molecule has 2 aliphatic heterocycles. The smallest absolute Gasteiger partial charge is 0.269 e. The summed E-state index contributed by atoms with van der Waals surface area (Å²) < 4.78 is 0.838. The summed E-state index contributed by atoms with van der Waals surface area (Å²) in [4.78, 5) is 44.8. The molecule has 0 spiro atoms. The van der Waals surface area contributed by atoms with E-state index in [1.54, 1.807) is 36.4 Å². The highest BCUT2D eigenvalue weighted by atomic mass is 79.9. The number of hydroxylamine groups is 1. The summed E-state index contributed by atoms with van der Waals surface area (Å²) in [6.45, 7) is 2.06. The molecule has 0 N–H and O–H groups in total. The summed E-state index contributed by atoms with van der Waals surface area (Å²) in [5.74, 6) is -1.54. The molecule has 2 saturated heterocycles.